The SMILES string of the molecule is CSc1nc2ccc(NC(=S)NC(=O)c3ccc(F)cc3)cc2s1. The van der Waals surface area contributed by atoms with Crippen LogP contribution >= 0.6 is 35.3 Å². The molecule has 2 N–H and O–H groups in total. The first-order valence-electron chi connectivity index (χ1n) is 6.87. The van der Waals surface area contributed by atoms with E-state index in [2.05, 4.69) is 15.6 Å². The van der Waals surface area contributed by atoms with Crippen LogP contribution in [0.2, 0.25) is 0 Å². The number of nitrogens with one attached hydrogen (secondary N) is 2. The highest BCUT2D eigenvalue weighted by Crippen LogP contribution is 2.29. The maximum Gasteiger partial charge on any atom is 0.257 e. The summed E-state index contributed by atoms with van der Waals surface area (Å²) in [6.07, 6.45) is 1.98. The predicted octanol–water partition coefficient (Wildman–Crippen LogP) is 4.28. The predicted molar refractivity (Wildman–Crippen MR) is 101 cm³/mol. The Hall–Kier alpha value is -2.03. The van der Waals surface area contributed by atoms with Crippen LogP contribution in [0.15, 0.2) is 46.8 Å². The number of thioether (sulfide) groups is 1. The Bertz CT molecular complexity index is 909. The van der Waals surface area contributed by atoms with Crippen molar-refractivity contribution in [3.63, 3.8) is 0 Å². The molecule has 8 heteroatoms. The van der Waals surface area contributed by atoms with Gasteiger partial charge in [0.2, 0.25) is 0 Å². The van der Waals surface area contributed by atoms with E-state index in [0.29, 0.717) is 5.56 Å². The minimum absolute atomic E-state index is 0.179. The lowest BCUT2D eigenvalue weighted by molar-refractivity contribution is 0.0977. The minimum Gasteiger partial charge on any atom is -0.332 e. The van der Waals surface area contributed by atoms with E-state index in [1.54, 1.807) is 23.1 Å². The summed E-state index contributed by atoms with van der Waals surface area (Å²) in [5.74, 6) is -0.786. The molecule has 0 unspecified atom stereocenters. The molecule has 0 spiro atoms. The van der Waals surface area contributed by atoms with E-state index >= 15 is 0 Å². The van der Waals surface area contributed by atoms with E-state index in [9.17, 15) is 9.18 Å². The number of benzene rings is 2. The molecule has 122 valence electrons. The number of carbonyl (C=O) groups is 1. The Morgan fingerprint density at radius 1 is 1.25 bits per heavy atom. The zero-order chi connectivity index (χ0) is 17.1. The summed E-state index contributed by atoms with van der Waals surface area (Å²) < 4.78 is 14.9. The molecule has 1 aromatic heterocycles. The smallest absolute Gasteiger partial charge is 0.257 e. The topological polar surface area (TPSA) is 54.0 Å². The van der Waals surface area contributed by atoms with Crippen LogP contribution in [0.5, 0.6) is 0 Å². The number of amides is 1. The summed E-state index contributed by atoms with van der Waals surface area (Å²) in [4.78, 5) is 16.5. The number of anilines is 1. The molecule has 0 saturated heterocycles. The molecule has 24 heavy (non-hydrogen) atoms. The van der Waals surface area contributed by atoms with Gasteiger partial charge in [0.1, 0.15) is 5.82 Å². The van der Waals surface area contributed by atoms with Crippen LogP contribution in [0.25, 0.3) is 10.2 Å². The normalized spacial score (nSPS) is 10.6. The molecule has 0 fully saturated rings. The summed E-state index contributed by atoms with van der Waals surface area (Å²) in [6, 6.07) is 10.9. The van der Waals surface area contributed by atoms with Gasteiger partial charge in [-0.05, 0) is 60.9 Å². The van der Waals surface area contributed by atoms with Crippen LogP contribution in [-0.2, 0) is 0 Å². The van der Waals surface area contributed by atoms with Crippen LogP contribution in [0.1, 0.15) is 10.4 Å². The number of hydrogen-bond acceptors (Lipinski definition) is 5. The van der Waals surface area contributed by atoms with Crippen molar-refractivity contribution < 1.29 is 9.18 Å². The second kappa shape index (κ2) is 7.25. The second-order valence-corrected chi connectivity index (χ2v) is 7.27. The lowest BCUT2D eigenvalue weighted by Gasteiger charge is -2.09. The molecule has 4 nitrogen and oxygen atoms in total. The van der Waals surface area contributed by atoms with Gasteiger partial charge < -0.3 is 5.32 Å². The van der Waals surface area contributed by atoms with Gasteiger partial charge in [-0.3, -0.25) is 10.1 Å². The molecular formula is C16H12FN3OS3. The van der Waals surface area contributed by atoms with Gasteiger partial charge in [-0.15, -0.1) is 11.3 Å². The highest BCUT2D eigenvalue weighted by atomic mass is 32.2. The molecule has 0 radical (unpaired) electrons. The Morgan fingerprint density at radius 3 is 2.71 bits per heavy atom. The number of fused-ring (bicyclic) bond motifs is 1. The van der Waals surface area contributed by atoms with Gasteiger partial charge in [0.25, 0.3) is 5.91 Å². The van der Waals surface area contributed by atoms with Crippen molar-refractivity contribution in [2.24, 2.45) is 0 Å². The number of thiocarbonyl (C=S) groups is 1. The summed E-state index contributed by atoms with van der Waals surface area (Å²) in [5, 5.41) is 5.72. The number of nitrogens with zero attached hydrogens (tertiary/aromatic N) is 1. The van der Waals surface area contributed by atoms with Gasteiger partial charge in [-0.1, -0.05) is 11.8 Å². The summed E-state index contributed by atoms with van der Waals surface area (Å²) in [5.41, 5.74) is 2.03. The first-order chi connectivity index (χ1) is 11.5. The highest BCUT2D eigenvalue weighted by molar-refractivity contribution is 8.00. The van der Waals surface area contributed by atoms with Crippen molar-refractivity contribution in [1.82, 2.24) is 10.3 Å². The van der Waals surface area contributed by atoms with E-state index < -0.39 is 11.7 Å². The third-order valence-corrected chi connectivity index (χ3v) is 5.34. The van der Waals surface area contributed by atoms with Gasteiger partial charge in [0.15, 0.2) is 9.45 Å². The van der Waals surface area contributed by atoms with E-state index in [1.807, 2.05) is 24.5 Å². The number of hydrogen-bond donors (Lipinski definition) is 2. The lowest BCUT2D eigenvalue weighted by Crippen LogP contribution is -2.34. The summed E-state index contributed by atoms with van der Waals surface area (Å²) >= 11 is 8.35. The van der Waals surface area contributed by atoms with E-state index in [4.69, 9.17) is 12.2 Å². The van der Waals surface area contributed by atoms with Crippen molar-refractivity contribution in [2.45, 2.75) is 4.34 Å². The van der Waals surface area contributed by atoms with Gasteiger partial charge in [0.05, 0.1) is 10.2 Å². The lowest BCUT2D eigenvalue weighted by atomic mass is 10.2. The van der Waals surface area contributed by atoms with Gasteiger partial charge in [-0.2, -0.15) is 0 Å². The maximum atomic E-state index is 12.9. The first-order valence-corrected chi connectivity index (χ1v) is 9.32. The molecule has 0 bridgehead atoms. The van der Waals surface area contributed by atoms with Crippen LogP contribution < -0.4 is 10.6 Å². The fourth-order valence-electron chi connectivity index (χ4n) is 2.01. The third-order valence-electron chi connectivity index (χ3n) is 3.13. The van der Waals surface area contributed by atoms with Crippen molar-refractivity contribution in [1.29, 1.82) is 0 Å². The molecular weight excluding hydrogens is 365 g/mol. The fourth-order valence-corrected chi connectivity index (χ4v) is 3.75. The first kappa shape index (κ1) is 16.8. The van der Waals surface area contributed by atoms with E-state index in [0.717, 1.165) is 20.2 Å². The highest BCUT2D eigenvalue weighted by Gasteiger charge is 2.09. The monoisotopic (exact) mass is 377 g/mol. The van der Waals surface area contributed by atoms with Crippen LogP contribution in [0.4, 0.5) is 10.1 Å². The number of rotatable bonds is 3. The average molecular weight is 377 g/mol. The zero-order valence-electron chi connectivity index (χ0n) is 12.5. The van der Waals surface area contributed by atoms with E-state index in [1.165, 1.54) is 24.3 Å². The molecule has 0 aliphatic rings. The van der Waals surface area contributed by atoms with Crippen LogP contribution in [0.3, 0.4) is 0 Å². The van der Waals surface area contributed by atoms with Crippen molar-refractivity contribution in [3.8, 4) is 0 Å². The van der Waals surface area contributed by atoms with Crippen molar-refractivity contribution in [2.75, 3.05) is 11.6 Å². The Kier molecular flexibility index (Phi) is 5.08. The number of halogens is 1. The zero-order valence-corrected chi connectivity index (χ0v) is 14.9. The number of carbonyl (C=O) groups excluding carboxylic acids is 1. The molecule has 0 atom stereocenters. The molecule has 3 aromatic rings. The van der Waals surface area contributed by atoms with Crippen molar-refractivity contribution in [3.05, 3.63) is 53.8 Å². The summed E-state index contributed by atoms with van der Waals surface area (Å²) in [6.45, 7) is 0. The maximum absolute atomic E-state index is 12.9. The van der Waals surface area contributed by atoms with E-state index in [-0.39, 0.29) is 5.11 Å². The Morgan fingerprint density at radius 2 is 2.00 bits per heavy atom. The average Bonchev–Trinajstić information content (AvgIpc) is 2.97. The van der Waals surface area contributed by atoms with Crippen LogP contribution in [-0.4, -0.2) is 22.3 Å². The molecule has 0 aliphatic heterocycles. The van der Waals surface area contributed by atoms with Gasteiger partial charge in [0, 0.05) is 11.3 Å². The van der Waals surface area contributed by atoms with Gasteiger partial charge >= 0.3 is 0 Å². The molecule has 2 aromatic carbocycles. The molecule has 0 saturated carbocycles. The van der Waals surface area contributed by atoms with Gasteiger partial charge in [-0.25, -0.2) is 9.37 Å². The molecule has 3 rings (SSSR count). The van der Waals surface area contributed by atoms with Crippen LogP contribution in [0, 0.1) is 5.82 Å². The second-order valence-electron chi connectivity index (χ2n) is 4.78. The minimum atomic E-state index is -0.394. The van der Waals surface area contributed by atoms with Crippen molar-refractivity contribution >= 4 is 62.2 Å². The summed E-state index contributed by atoms with van der Waals surface area (Å²) in [7, 11) is 0. The fraction of sp³-hybridized carbons (Fsp3) is 0.0625. The largest absolute Gasteiger partial charge is 0.332 e. The third kappa shape index (κ3) is 3.89. The molecule has 0 aliphatic carbocycles. The molecule has 1 amide bonds. The Labute approximate surface area is 151 Å². The molecule has 1 heterocycles. The number of aromatic nitrogens is 1. The standard InChI is InChI=1S/C16H12FN3OS3/c1-23-16-19-12-7-6-11(8-13(12)24-16)18-15(22)20-14(21)9-2-4-10(17)5-3-9/h2-8H,1H3,(H2,18,20,21,22). The quantitative estimate of drug-likeness (QED) is 0.527. The number of thiazole rings is 1. The Balaban J connectivity index is 1.67.